The summed E-state index contributed by atoms with van der Waals surface area (Å²) in [5.41, 5.74) is 1.84. The predicted molar refractivity (Wildman–Crippen MR) is 91.2 cm³/mol. The van der Waals surface area contributed by atoms with Crippen molar-refractivity contribution in [1.82, 2.24) is 20.5 Å². The van der Waals surface area contributed by atoms with E-state index in [0.29, 0.717) is 17.3 Å². The van der Waals surface area contributed by atoms with Gasteiger partial charge in [-0.3, -0.25) is 14.9 Å². The largest absolute Gasteiger partial charge is 0.343 e. The number of carbonyl (C=O) groups excluding carboxylic acids is 1. The molecule has 118 valence electrons. The zero-order valence-corrected chi connectivity index (χ0v) is 13.8. The Labute approximate surface area is 138 Å². The Kier molecular flexibility index (Phi) is 4.52. The van der Waals surface area contributed by atoms with Crippen molar-refractivity contribution in [3.05, 3.63) is 58.5 Å². The minimum atomic E-state index is -0.160. The zero-order chi connectivity index (χ0) is 16.2. The van der Waals surface area contributed by atoms with Crippen LogP contribution in [0.5, 0.6) is 0 Å². The number of carbonyl (C=O) groups is 1. The standard InChI is InChI=1S/C17H18N4OS/c1-11(2)16(15-7-5-9-23-15)19-17(22)14-10-13(20-21-14)12-6-3-4-8-18-12/h3-11,16H,1-2H3,(H,19,22)(H,20,21). The number of amides is 1. The molecular weight excluding hydrogens is 308 g/mol. The van der Waals surface area contributed by atoms with Gasteiger partial charge in [-0.15, -0.1) is 11.3 Å². The van der Waals surface area contributed by atoms with Gasteiger partial charge in [0.2, 0.25) is 0 Å². The van der Waals surface area contributed by atoms with Crippen LogP contribution < -0.4 is 5.32 Å². The van der Waals surface area contributed by atoms with Crippen LogP contribution >= 0.6 is 11.3 Å². The first-order chi connectivity index (χ1) is 11.1. The highest BCUT2D eigenvalue weighted by Crippen LogP contribution is 2.26. The van der Waals surface area contributed by atoms with Crippen molar-refractivity contribution in [2.75, 3.05) is 0 Å². The quantitative estimate of drug-likeness (QED) is 0.751. The number of nitrogens with one attached hydrogen (secondary N) is 2. The normalized spacial score (nSPS) is 12.3. The molecule has 1 atom stereocenters. The summed E-state index contributed by atoms with van der Waals surface area (Å²) < 4.78 is 0. The third-order valence-electron chi connectivity index (χ3n) is 3.55. The fourth-order valence-electron chi connectivity index (χ4n) is 2.34. The molecule has 0 aliphatic carbocycles. The average molecular weight is 326 g/mol. The van der Waals surface area contributed by atoms with Gasteiger partial charge in [0.25, 0.3) is 5.91 Å². The Hall–Kier alpha value is -2.47. The third-order valence-corrected chi connectivity index (χ3v) is 4.51. The van der Waals surface area contributed by atoms with E-state index in [0.717, 1.165) is 10.6 Å². The Bertz CT molecular complexity index is 765. The van der Waals surface area contributed by atoms with Crippen molar-refractivity contribution >= 4 is 17.2 Å². The van der Waals surface area contributed by atoms with Gasteiger partial charge in [-0.05, 0) is 35.6 Å². The summed E-state index contributed by atoms with van der Waals surface area (Å²) in [5, 5.41) is 12.1. The summed E-state index contributed by atoms with van der Waals surface area (Å²) in [4.78, 5) is 17.9. The zero-order valence-electron chi connectivity index (χ0n) is 13.0. The molecule has 0 aromatic carbocycles. The molecule has 3 aromatic rings. The van der Waals surface area contributed by atoms with Gasteiger partial charge in [0.05, 0.1) is 11.7 Å². The van der Waals surface area contributed by atoms with Gasteiger partial charge in [-0.2, -0.15) is 5.10 Å². The first-order valence-electron chi connectivity index (χ1n) is 7.46. The van der Waals surface area contributed by atoms with E-state index >= 15 is 0 Å². The summed E-state index contributed by atoms with van der Waals surface area (Å²) in [6.07, 6.45) is 1.70. The van der Waals surface area contributed by atoms with Crippen molar-refractivity contribution in [2.45, 2.75) is 19.9 Å². The molecule has 0 saturated carbocycles. The minimum Gasteiger partial charge on any atom is -0.343 e. The van der Waals surface area contributed by atoms with Crippen LogP contribution in [-0.4, -0.2) is 21.1 Å². The van der Waals surface area contributed by atoms with E-state index in [9.17, 15) is 4.79 Å². The minimum absolute atomic E-state index is 0.0101. The molecule has 0 spiro atoms. The van der Waals surface area contributed by atoms with Crippen molar-refractivity contribution < 1.29 is 4.79 Å². The SMILES string of the molecule is CC(C)C(NC(=O)c1cc(-c2ccccn2)n[nH]1)c1cccs1. The lowest BCUT2D eigenvalue weighted by molar-refractivity contribution is 0.0921. The van der Waals surface area contributed by atoms with E-state index in [1.54, 1.807) is 23.6 Å². The van der Waals surface area contributed by atoms with Gasteiger partial charge < -0.3 is 5.32 Å². The molecule has 0 bridgehead atoms. The lowest BCUT2D eigenvalue weighted by Gasteiger charge is -2.20. The maximum atomic E-state index is 12.5. The van der Waals surface area contributed by atoms with Gasteiger partial charge >= 0.3 is 0 Å². The molecule has 3 heterocycles. The molecule has 6 heteroatoms. The molecule has 0 fully saturated rings. The highest BCUT2D eigenvalue weighted by Gasteiger charge is 2.21. The molecule has 3 rings (SSSR count). The Morgan fingerprint density at radius 1 is 1.22 bits per heavy atom. The Balaban J connectivity index is 1.77. The average Bonchev–Trinajstić information content (AvgIpc) is 3.24. The Morgan fingerprint density at radius 2 is 2.09 bits per heavy atom. The summed E-state index contributed by atoms with van der Waals surface area (Å²) in [7, 11) is 0. The highest BCUT2D eigenvalue weighted by molar-refractivity contribution is 7.10. The number of aromatic amines is 1. The molecule has 0 aliphatic rings. The topological polar surface area (TPSA) is 70.7 Å². The van der Waals surface area contributed by atoms with Crippen LogP contribution in [0, 0.1) is 5.92 Å². The monoisotopic (exact) mass is 326 g/mol. The lowest BCUT2D eigenvalue weighted by Crippen LogP contribution is -2.31. The van der Waals surface area contributed by atoms with E-state index in [4.69, 9.17) is 0 Å². The molecule has 23 heavy (non-hydrogen) atoms. The van der Waals surface area contributed by atoms with Crippen LogP contribution in [0.4, 0.5) is 0 Å². The number of nitrogens with zero attached hydrogens (tertiary/aromatic N) is 2. The number of H-pyrrole nitrogens is 1. The molecule has 0 aliphatic heterocycles. The van der Waals surface area contributed by atoms with E-state index in [-0.39, 0.29) is 11.9 Å². The lowest BCUT2D eigenvalue weighted by atomic mass is 10.0. The number of rotatable bonds is 5. The van der Waals surface area contributed by atoms with Gasteiger partial charge in [-0.25, -0.2) is 0 Å². The summed E-state index contributed by atoms with van der Waals surface area (Å²) in [6.45, 7) is 4.19. The third kappa shape index (κ3) is 3.48. The maximum absolute atomic E-state index is 12.5. The van der Waals surface area contributed by atoms with E-state index < -0.39 is 0 Å². The number of thiophene rings is 1. The smallest absolute Gasteiger partial charge is 0.269 e. The van der Waals surface area contributed by atoms with Gasteiger partial charge in [0.15, 0.2) is 0 Å². The number of pyridine rings is 1. The number of hydrogen-bond donors (Lipinski definition) is 2. The molecule has 5 nitrogen and oxygen atoms in total. The fourth-order valence-corrected chi connectivity index (χ4v) is 3.29. The summed E-state index contributed by atoms with van der Waals surface area (Å²) in [6, 6.07) is 11.4. The summed E-state index contributed by atoms with van der Waals surface area (Å²) in [5.74, 6) is 0.141. The Morgan fingerprint density at radius 3 is 2.74 bits per heavy atom. The molecule has 0 radical (unpaired) electrons. The predicted octanol–water partition coefficient (Wildman–Crippen LogP) is 3.66. The van der Waals surface area contributed by atoms with Crippen molar-refractivity contribution in [3.63, 3.8) is 0 Å². The van der Waals surface area contributed by atoms with Crippen LogP contribution in [0.25, 0.3) is 11.4 Å². The van der Waals surface area contributed by atoms with Crippen LogP contribution in [0.3, 0.4) is 0 Å². The van der Waals surface area contributed by atoms with Crippen LogP contribution in [0.1, 0.15) is 35.3 Å². The summed E-state index contributed by atoms with van der Waals surface area (Å²) >= 11 is 1.65. The second-order valence-corrected chi connectivity index (χ2v) is 6.57. The van der Waals surface area contributed by atoms with Crippen molar-refractivity contribution in [3.8, 4) is 11.4 Å². The van der Waals surface area contributed by atoms with Crippen molar-refractivity contribution in [2.24, 2.45) is 5.92 Å². The first kappa shape index (κ1) is 15.4. The fraction of sp³-hybridized carbons (Fsp3) is 0.235. The molecule has 2 N–H and O–H groups in total. The van der Waals surface area contributed by atoms with E-state index in [1.807, 2.05) is 35.7 Å². The van der Waals surface area contributed by atoms with Crippen LogP contribution in [-0.2, 0) is 0 Å². The van der Waals surface area contributed by atoms with E-state index in [2.05, 4.69) is 34.3 Å². The number of hydrogen-bond acceptors (Lipinski definition) is 4. The second kappa shape index (κ2) is 6.75. The van der Waals surface area contributed by atoms with Gasteiger partial charge in [0.1, 0.15) is 11.4 Å². The van der Waals surface area contributed by atoms with E-state index in [1.165, 1.54) is 0 Å². The molecule has 1 amide bonds. The number of aromatic nitrogens is 3. The molecular formula is C17H18N4OS. The maximum Gasteiger partial charge on any atom is 0.269 e. The molecule has 0 saturated heterocycles. The first-order valence-corrected chi connectivity index (χ1v) is 8.34. The van der Waals surface area contributed by atoms with Crippen LogP contribution in [0.15, 0.2) is 48.0 Å². The molecule has 1 unspecified atom stereocenters. The van der Waals surface area contributed by atoms with Gasteiger partial charge in [-0.1, -0.05) is 26.0 Å². The second-order valence-electron chi connectivity index (χ2n) is 5.59. The molecule has 3 aromatic heterocycles. The van der Waals surface area contributed by atoms with Gasteiger partial charge in [0, 0.05) is 11.1 Å². The van der Waals surface area contributed by atoms with Crippen LogP contribution in [0.2, 0.25) is 0 Å². The highest BCUT2D eigenvalue weighted by atomic mass is 32.1. The van der Waals surface area contributed by atoms with Crippen molar-refractivity contribution in [1.29, 1.82) is 0 Å².